The van der Waals surface area contributed by atoms with E-state index in [2.05, 4.69) is 0 Å². The Balaban J connectivity index is 2.14. The van der Waals surface area contributed by atoms with E-state index in [-0.39, 0.29) is 12.4 Å². The van der Waals surface area contributed by atoms with Crippen molar-refractivity contribution in [1.29, 1.82) is 0 Å². The van der Waals surface area contributed by atoms with Gasteiger partial charge in [0.1, 0.15) is 11.5 Å². The van der Waals surface area contributed by atoms with Gasteiger partial charge in [0.25, 0.3) is 0 Å². The van der Waals surface area contributed by atoms with Crippen LogP contribution in [-0.2, 0) is 10.9 Å². The van der Waals surface area contributed by atoms with Crippen LogP contribution in [0.25, 0.3) is 0 Å². The van der Waals surface area contributed by atoms with Gasteiger partial charge in [0.2, 0.25) is 0 Å². The first kappa shape index (κ1) is 15.9. The fourth-order valence-electron chi connectivity index (χ4n) is 1.75. The molecular formula is C16H13F3O3. The highest BCUT2D eigenvalue weighted by molar-refractivity contribution is 5.89. The van der Waals surface area contributed by atoms with E-state index in [1.165, 1.54) is 18.2 Å². The van der Waals surface area contributed by atoms with Crippen LogP contribution >= 0.6 is 0 Å². The Morgan fingerprint density at radius 1 is 1.05 bits per heavy atom. The van der Waals surface area contributed by atoms with Gasteiger partial charge < -0.3 is 9.47 Å². The Labute approximate surface area is 125 Å². The van der Waals surface area contributed by atoms with Gasteiger partial charge >= 0.3 is 12.1 Å². The van der Waals surface area contributed by atoms with Crippen LogP contribution < -0.4 is 4.74 Å². The molecule has 0 aliphatic rings. The zero-order valence-corrected chi connectivity index (χ0v) is 11.7. The second-order valence-corrected chi connectivity index (χ2v) is 4.37. The van der Waals surface area contributed by atoms with Crippen LogP contribution in [0.4, 0.5) is 13.2 Å². The molecule has 0 saturated carbocycles. The first-order valence-corrected chi connectivity index (χ1v) is 6.52. The van der Waals surface area contributed by atoms with Crippen molar-refractivity contribution < 1.29 is 27.4 Å². The van der Waals surface area contributed by atoms with Gasteiger partial charge in [-0.1, -0.05) is 6.07 Å². The molecule has 2 rings (SSSR count). The molecule has 0 bridgehead atoms. The minimum absolute atomic E-state index is 0.244. The SMILES string of the molecule is CCOC(=O)c1cccc(Oc2ccc(C(F)(F)F)cc2)c1. The zero-order chi connectivity index (χ0) is 16.2. The molecule has 0 N–H and O–H groups in total. The molecule has 3 nitrogen and oxygen atoms in total. The molecule has 0 fully saturated rings. The molecule has 0 amide bonds. The van der Waals surface area contributed by atoms with Crippen molar-refractivity contribution in [3.05, 3.63) is 59.7 Å². The largest absolute Gasteiger partial charge is 0.462 e. The van der Waals surface area contributed by atoms with E-state index in [9.17, 15) is 18.0 Å². The molecule has 116 valence electrons. The summed E-state index contributed by atoms with van der Waals surface area (Å²) in [6.07, 6.45) is -4.39. The number of esters is 1. The number of rotatable bonds is 4. The minimum atomic E-state index is -4.39. The molecule has 0 radical (unpaired) electrons. The molecule has 0 aliphatic carbocycles. The lowest BCUT2D eigenvalue weighted by atomic mass is 10.2. The van der Waals surface area contributed by atoms with E-state index in [4.69, 9.17) is 9.47 Å². The van der Waals surface area contributed by atoms with Crippen LogP contribution in [0.1, 0.15) is 22.8 Å². The molecule has 2 aromatic rings. The molecule has 0 saturated heterocycles. The zero-order valence-electron chi connectivity index (χ0n) is 11.7. The van der Waals surface area contributed by atoms with Gasteiger partial charge in [0, 0.05) is 0 Å². The molecule has 0 aliphatic heterocycles. The Morgan fingerprint density at radius 2 is 1.73 bits per heavy atom. The highest BCUT2D eigenvalue weighted by atomic mass is 19.4. The number of carbonyl (C=O) groups is 1. The van der Waals surface area contributed by atoms with Crippen molar-refractivity contribution >= 4 is 5.97 Å². The predicted octanol–water partition coefficient (Wildman–Crippen LogP) is 4.67. The highest BCUT2D eigenvalue weighted by Gasteiger charge is 2.30. The lowest BCUT2D eigenvalue weighted by Crippen LogP contribution is -2.04. The Bertz CT molecular complexity index is 648. The average Bonchev–Trinajstić information content (AvgIpc) is 2.47. The molecule has 0 spiro atoms. The molecule has 0 unspecified atom stereocenters. The lowest BCUT2D eigenvalue weighted by Gasteiger charge is -2.09. The van der Waals surface area contributed by atoms with Crippen molar-refractivity contribution in [2.45, 2.75) is 13.1 Å². The monoisotopic (exact) mass is 310 g/mol. The molecule has 22 heavy (non-hydrogen) atoms. The van der Waals surface area contributed by atoms with Crippen molar-refractivity contribution in [2.24, 2.45) is 0 Å². The maximum atomic E-state index is 12.5. The van der Waals surface area contributed by atoms with Gasteiger partial charge in [-0.3, -0.25) is 0 Å². The Hall–Kier alpha value is -2.50. The number of ether oxygens (including phenoxy) is 2. The van der Waals surface area contributed by atoms with Crippen molar-refractivity contribution in [3.63, 3.8) is 0 Å². The summed E-state index contributed by atoms with van der Waals surface area (Å²) in [5.74, 6) is 0.0969. The quantitative estimate of drug-likeness (QED) is 0.770. The van der Waals surface area contributed by atoms with Gasteiger partial charge in [-0.05, 0) is 49.4 Å². The van der Waals surface area contributed by atoms with Gasteiger partial charge in [-0.2, -0.15) is 13.2 Å². The third-order valence-electron chi connectivity index (χ3n) is 2.76. The number of halogens is 3. The van der Waals surface area contributed by atoms with E-state index in [1.54, 1.807) is 25.1 Å². The minimum Gasteiger partial charge on any atom is -0.462 e. The highest BCUT2D eigenvalue weighted by Crippen LogP contribution is 2.31. The third kappa shape index (κ3) is 4.00. The molecule has 0 atom stereocenters. The van der Waals surface area contributed by atoms with Gasteiger partial charge in [-0.25, -0.2) is 4.79 Å². The fourth-order valence-corrected chi connectivity index (χ4v) is 1.75. The van der Waals surface area contributed by atoms with E-state index >= 15 is 0 Å². The number of benzene rings is 2. The summed E-state index contributed by atoms with van der Waals surface area (Å²) in [6, 6.07) is 10.5. The predicted molar refractivity (Wildman–Crippen MR) is 73.9 cm³/mol. The summed E-state index contributed by atoms with van der Waals surface area (Å²) < 4.78 is 47.7. The summed E-state index contributed by atoms with van der Waals surface area (Å²) in [4.78, 5) is 11.6. The van der Waals surface area contributed by atoms with Crippen LogP contribution in [-0.4, -0.2) is 12.6 Å². The van der Waals surface area contributed by atoms with Crippen molar-refractivity contribution in [1.82, 2.24) is 0 Å². The lowest BCUT2D eigenvalue weighted by molar-refractivity contribution is -0.137. The molecule has 0 heterocycles. The first-order chi connectivity index (χ1) is 10.4. The van der Waals surface area contributed by atoms with E-state index in [1.807, 2.05) is 0 Å². The molecule has 2 aromatic carbocycles. The maximum Gasteiger partial charge on any atom is 0.416 e. The molecule has 0 aromatic heterocycles. The van der Waals surface area contributed by atoms with Gasteiger partial charge in [0.05, 0.1) is 17.7 Å². The summed E-state index contributed by atoms with van der Waals surface area (Å²) in [7, 11) is 0. The first-order valence-electron chi connectivity index (χ1n) is 6.52. The number of alkyl halides is 3. The molecule has 6 heteroatoms. The number of carbonyl (C=O) groups excluding carboxylic acids is 1. The second-order valence-electron chi connectivity index (χ2n) is 4.37. The van der Waals surface area contributed by atoms with Crippen LogP contribution in [0.3, 0.4) is 0 Å². The summed E-state index contributed by atoms with van der Waals surface area (Å²) in [5.41, 5.74) is -0.439. The Morgan fingerprint density at radius 3 is 2.32 bits per heavy atom. The topological polar surface area (TPSA) is 35.5 Å². The Kier molecular flexibility index (Phi) is 4.70. The van der Waals surface area contributed by atoms with Crippen LogP contribution in [0, 0.1) is 0 Å². The van der Waals surface area contributed by atoms with Crippen LogP contribution in [0.2, 0.25) is 0 Å². The maximum absolute atomic E-state index is 12.5. The van der Waals surface area contributed by atoms with Gasteiger partial charge in [0.15, 0.2) is 0 Å². The van der Waals surface area contributed by atoms with Crippen LogP contribution in [0.5, 0.6) is 11.5 Å². The van der Waals surface area contributed by atoms with Crippen molar-refractivity contribution in [3.8, 4) is 11.5 Å². The van der Waals surface area contributed by atoms with E-state index < -0.39 is 17.7 Å². The fraction of sp³-hybridized carbons (Fsp3) is 0.188. The summed E-state index contributed by atoms with van der Waals surface area (Å²) >= 11 is 0. The van der Waals surface area contributed by atoms with E-state index in [0.717, 1.165) is 12.1 Å². The third-order valence-corrected chi connectivity index (χ3v) is 2.76. The van der Waals surface area contributed by atoms with Crippen molar-refractivity contribution in [2.75, 3.05) is 6.61 Å². The van der Waals surface area contributed by atoms with E-state index in [0.29, 0.717) is 11.3 Å². The second kappa shape index (κ2) is 6.51. The molecular weight excluding hydrogens is 297 g/mol. The average molecular weight is 310 g/mol. The summed E-state index contributed by atoms with van der Waals surface area (Å²) in [5, 5.41) is 0. The normalized spacial score (nSPS) is 11.1. The van der Waals surface area contributed by atoms with Gasteiger partial charge in [-0.15, -0.1) is 0 Å². The summed E-state index contributed by atoms with van der Waals surface area (Å²) in [6.45, 7) is 1.95. The standard InChI is InChI=1S/C16H13F3O3/c1-2-21-15(20)11-4-3-5-14(10-11)22-13-8-6-12(7-9-13)16(17,18)19/h3-10H,2H2,1H3. The number of hydrogen-bond acceptors (Lipinski definition) is 3. The number of hydrogen-bond donors (Lipinski definition) is 0. The van der Waals surface area contributed by atoms with Crippen LogP contribution in [0.15, 0.2) is 48.5 Å². The smallest absolute Gasteiger partial charge is 0.416 e.